The minimum absolute atomic E-state index is 0.0478. The van der Waals surface area contributed by atoms with E-state index in [4.69, 9.17) is 21.1 Å². The number of amides is 1. The highest BCUT2D eigenvalue weighted by Gasteiger charge is 2.40. The van der Waals surface area contributed by atoms with Gasteiger partial charge in [-0.05, 0) is 55.5 Å². The van der Waals surface area contributed by atoms with E-state index in [0.717, 1.165) is 37.1 Å². The normalized spacial score (nSPS) is 17.8. The van der Waals surface area contributed by atoms with Gasteiger partial charge in [0.15, 0.2) is 29.7 Å². The van der Waals surface area contributed by atoms with Gasteiger partial charge in [-0.1, -0.05) is 29.8 Å². The first-order valence-electron chi connectivity index (χ1n) is 12.1. The number of hydrogen-bond acceptors (Lipinski definition) is 6. The molecule has 1 heterocycles. The fourth-order valence-corrected chi connectivity index (χ4v) is 5.49. The van der Waals surface area contributed by atoms with Gasteiger partial charge in [0, 0.05) is 47.0 Å². The van der Waals surface area contributed by atoms with Gasteiger partial charge < -0.3 is 20.1 Å². The number of benzene rings is 2. The van der Waals surface area contributed by atoms with Crippen LogP contribution in [0.4, 0.5) is 5.69 Å². The molecule has 0 aromatic heterocycles. The summed E-state index contributed by atoms with van der Waals surface area (Å²) in [7, 11) is 1.49. The highest BCUT2D eigenvalue weighted by molar-refractivity contribution is 6.32. The van der Waals surface area contributed by atoms with Crippen LogP contribution in [0.1, 0.15) is 50.0 Å². The van der Waals surface area contributed by atoms with Crippen molar-refractivity contribution >= 4 is 34.8 Å². The zero-order valence-corrected chi connectivity index (χ0v) is 20.7. The van der Waals surface area contributed by atoms with Crippen LogP contribution in [0.25, 0.3) is 0 Å². The molecule has 3 aliphatic rings. The first kappa shape index (κ1) is 24.1. The van der Waals surface area contributed by atoms with E-state index in [9.17, 15) is 14.4 Å². The van der Waals surface area contributed by atoms with Crippen LogP contribution in [-0.4, -0.2) is 31.2 Å². The van der Waals surface area contributed by atoms with Gasteiger partial charge in [-0.2, -0.15) is 0 Å². The number of nitrogens with one attached hydrogen (secondary N) is 2. The predicted octanol–water partition coefficient (Wildman–Crippen LogP) is 5.07. The number of Topliss-reactive ketones (excluding diaryl/α,β-unsaturated/α-hetero) is 2. The van der Waals surface area contributed by atoms with Crippen LogP contribution in [0.2, 0.25) is 5.02 Å². The monoisotopic (exact) mass is 506 g/mol. The van der Waals surface area contributed by atoms with Crippen molar-refractivity contribution < 1.29 is 23.9 Å². The third-order valence-electron chi connectivity index (χ3n) is 6.78. The molecule has 186 valence electrons. The van der Waals surface area contributed by atoms with Gasteiger partial charge in [0.05, 0.1) is 12.1 Å². The molecule has 0 saturated carbocycles. The second kappa shape index (κ2) is 10.2. The molecule has 2 aromatic rings. The molecule has 2 aromatic carbocycles. The number of ketones is 2. The van der Waals surface area contributed by atoms with Gasteiger partial charge in [-0.15, -0.1) is 0 Å². The summed E-state index contributed by atoms with van der Waals surface area (Å²) in [5.74, 6) is -0.184. The largest absolute Gasteiger partial charge is 0.493 e. The molecule has 2 aliphatic carbocycles. The molecule has 7 nitrogen and oxygen atoms in total. The Morgan fingerprint density at radius 1 is 1.00 bits per heavy atom. The van der Waals surface area contributed by atoms with Crippen LogP contribution >= 0.6 is 11.6 Å². The molecule has 8 heteroatoms. The average molecular weight is 507 g/mol. The van der Waals surface area contributed by atoms with Crippen LogP contribution in [0, 0.1) is 0 Å². The molecule has 36 heavy (non-hydrogen) atoms. The lowest BCUT2D eigenvalue weighted by Gasteiger charge is -2.37. The van der Waals surface area contributed by atoms with E-state index >= 15 is 0 Å². The number of halogens is 1. The van der Waals surface area contributed by atoms with Gasteiger partial charge in [-0.3, -0.25) is 14.4 Å². The Bertz CT molecular complexity index is 1260. The van der Waals surface area contributed by atoms with Crippen molar-refractivity contribution in [2.45, 2.75) is 44.4 Å². The van der Waals surface area contributed by atoms with E-state index in [1.807, 2.05) is 18.2 Å². The molecule has 0 saturated heterocycles. The lowest BCUT2D eigenvalue weighted by atomic mass is 9.71. The van der Waals surface area contributed by atoms with Gasteiger partial charge in [0.1, 0.15) is 0 Å². The topological polar surface area (TPSA) is 93.7 Å². The van der Waals surface area contributed by atoms with Gasteiger partial charge in [0.25, 0.3) is 5.91 Å². The fourth-order valence-electron chi connectivity index (χ4n) is 5.22. The summed E-state index contributed by atoms with van der Waals surface area (Å²) >= 11 is 6.64. The SMILES string of the molecule is COc1cc(C2C3=C(CCCC3=O)NC3=C2C(=O)CCC3)cc(Cl)c1OCC(=O)Nc1ccccc1. The van der Waals surface area contributed by atoms with Crippen LogP contribution < -0.4 is 20.1 Å². The second-order valence-electron chi connectivity index (χ2n) is 9.13. The summed E-state index contributed by atoms with van der Waals surface area (Å²) in [6.45, 7) is -0.265. The number of hydrogen-bond donors (Lipinski definition) is 2. The first-order chi connectivity index (χ1) is 17.5. The first-order valence-corrected chi connectivity index (χ1v) is 12.5. The Hall–Kier alpha value is -3.58. The van der Waals surface area contributed by atoms with Gasteiger partial charge >= 0.3 is 0 Å². The van der Waals surface area contributed by atoms with Crippen molar-refractivity contribution in [2.75, 3.05) is 19.0 Å². The van der Waals surface area contributed by atoms with E-state index in [-0.39, 0.29) is 34.9 Å². The summed E-state index contributed by atoms with van der Waals surface area (Å²) in [6, 6.07) is 12.5. The Balaban J connectivity index is 1.47. The van der Waals surface area contributed by atoms with Crippen LogP contribution in [0.5, 0.6) is 11.5 Å². The number of ether oxygens (including phenoxy) is 2. The highest BCUT2D eigenvalue weighted by Crippen LogP contribution is 2.48. The number of rotatable bonds is 6. The molecule has 0 spiro atoms. The zero-order chi connectivity index (χ0) is 25.2. The Labute approximate surface area is 214 Å². The molecule has 1 aliphatic heterocycles. The van der Waals surface area contributed by atoms with Crippen LogP contribution in [0.15, 0.2) is 65.0 Å². The van der Waals surface area contributed by atoms with Crippen LogP contribution in [0.3, 0.4) is 0 Å². The third kappa shape index (κ3) is 4.63. The molecular formula is C28H27ClN2O5. The molecule has 5 rings (SSSR count). The Kier molecular flexibility index (Phi) is 6.83. The summed E-state index contributed by atoms with van der Waals surface area (Å²) < 4.78 is 11.3. The molecule has 0 unspecified atom stereocenters. The Morgan fingerprint density at radius 2 is 1.64 bits per heavy atom. The molecule has 0 radical (unpaired) electrons. The number of allylic oxidation sites excluding steroid dienone is 4. The smallest absolute Gasteiger partial charge is 0.262 e. The van der Waals surface area contributed by atoms with Crippen molar-refractivity contribution in [1.82, 2.24) is 5.32 Å². The van der Waals surface area contributed by atoms with E-state index in [1.165, 1.54) is 7.11 Å². The number of para-hydroxylation sites is 1. The van der Waals surface area contributed by atoms with Crippen LogP contribution in [-0.2, 0) is 14.4 Å². The average Bonchev–Trinajstić information content (AvgIpc) is 2.87. The highest BCUT2D eigenvalue weighted by atomic mass is 35.5. The minimum Gasteiger partial charge on any atom is -0.493 e. The molecule has 0 fully saturated rings. The van der Waals surface area contributed by atoms with E-state index in [0.29, 0.717) is 41.0 Å². The fraction of sp³-hybridized carbons (Fsp3) is 0.321. The predicted molar refractivity (Wildman–Crippen MR) is 136 cm³/mol. The molecule has 0 bridgehead atoms. The lowest BCUT2D eigenvalue weighted by molar-refractivity contribution is -0.118. The van der Waals surface area contributed by atoms with E-state index in [2.05, 4.69) is 10.6 Å². The Morgan fingerprint density at radius 3 is 2.25 bits per heavy atom. The maximum Gasteiger partial charge on any atom is 0.262 e. The third-order valence-corrected chi connectivity index (χ3v) is 7.06. The molecule has 2 N–H and O–H groups in total. The number of methoxy groups -OCH3 is 1. The standard InChI is InChI=1S/C28H27ClN2O5/c1-35-23-14-16(13-18(29)28(23)36-15-24(34)30-17-7-3-2-4-8-17)25-26-19(9-5-11-21(26)32)31-20-10-6-12-22(33)27(20)25/h2-4,7-8,13-14,25,31H,5-6,9-12,15H2,1H3,(H,30,34). The summed E-state index contributed by atoms with van der Waals surface area (Å²) in [6.07, 6.45) is 4.02. The zero-order valence-electron chi connectivity index (χ0n) is 20.0. The van der Waals surface area contributed by atoms with Crippen molar-refractivity contribution in [1.29, 1.82) is 0 Å². The van der Waals surface area contributed by atoms with Crippen molar-refractivity contribution in [3.05, 3.63) is 75.6 Å². The summed E-state index contributed by atoms with van der Waals surface area (Å²) in [4.78, 5) is 38.5. The van der Waals surface area contributed by atoms with E-state index in [1.54, 1.807) is 24.3 Å². The lowest BCUT2D eigenvalue weighted by Crippen LogP contribution is -2.36. The van der Waals surface area contributed by atoms with Gasteiger partial charge in [0.2, 0.25) is 0 Å². The maximum absolute atomic E-state index is 13.1. The van der Waals surface area contributed by atoms with Gasteiger partial charge in [-0.25, -0.2) is 0 Å². The molecule has 1 amide bonds. The minimum atomic E-state index is -0.501. The number of anilines is 1. The van der Waals surface area contributed by atoms with Crippen molar-refractivity contribution in [3.63, 3.8) is 0 Å². The van der Waals surface area contributed by atoms with E-state index < -0.39 is 5.92 Å². The number of carbonyl (C=O) groups excluding carboxylic acids is 3. The molecule has 0 atom stereocenters. The van der Waals surface area contributed by atoms with Crippen molar-refractivity contribution in [3.8, 4) is 11.5 Å². The summed E-state index contributed by atoms with van der Waals surface area (Å²) in [5.41, 5.74) is 4.45. The number of carbonyl (C=O) groups is 3. The summed E-state index contributed by atoms with van der Waals surface area (Å²) in [5, 5.41) is 6.41. The quantitative estimate of drug-likeness (QED) is 0.568. The van der Waals surface area contributed by atoms with Crippen molar-refractivity contribution in [2.24, 2.45) is 0 Å². The number of dihydropyridines is 1. The maximum atomic E-state index is 13.1. The second-order valence-corrected chi connectivity index (χ2v) is 9.54. The molecular weight excluding hydrogens is 480 g/mol.